The summed E-state index contributed by atoms with van der Waals surface area (Å²) in [4.78, 5) is 25.8. The zero-order valence-electron chi connectivity index (χ0n) is 11.5. The Kier molecular flexibility index (Phi) is 2.37. The fourth-order valence-electron chi connectivity index (χ4n) is 3.84. The molecule has 108 valence electrons. The Balaban J connectivity index is 1.78. The zero-order chi connectivity index (χ0) is 14.8. The third kappa shape index (κ3) is 1.49. The molecule has 0 N–H and O–H groups in total. The molecule has 1 aromatic rings. The van der Waals surface area contributed by atoms with Crippen molar-refractivity contribution in [3.8, 4) is 0 Å². The first-order valence-corrected chi connectivity index (χ1v) is 6.98. The van der Waals surface area contributed by atoms with Crippen LogP contribution < -0.4 is 10.0 Å². The van der Waals surface area contributed by atoms with Crippen molar-refractivity contribution < 1.29 is 19.4 Å². The summed E-state index contributed by atoms with van der Waals surface area (Å²) in [6, 6.07) is 7.57. The van der Waals surface area contributed by atoms with Crippen LogP contribution in [-0.4, -0.2) is 30.1 Å². The number of aryl methyl sites for hydroxylation is 1. The topological polar surface area (TPSA) is 69.7 Å². The Morgan fingerprint density at radius 1 is 1.43 bits per heavy atom. The number of para-hydroxylation sites is 1. The summed E-state index contributed by atoms with van der Waals surface area (Å²) in [5.41, 5.74) is 0.976. The minimum Gasteiger partial charge on any atom is -0.550 e. The fourth-order valence-corrected chi connectivity index (χ4v) is 3.84. The van der Waals surface area contributed by atoms with E-state index >= 15 is 0 Å². The number of rotatable bonds is 2. The molecule has 0 saturated carbocycles. The molecule has 1 spiro atoms. The molecule has 0 aromatic heterocycles. The van der Waals surface area contributed by atoms with Crippen molar-refractivity contribution in [3.05, 3.63) is 42.0 Å². The van der Waals surface area contributed by atoms with Gasteiger partial charge in [-0.15, -0.1) is 0 Å². The molecule has 1 amide bonds. The van der Waals surface area contributed by atoms with Gasteiger partial charge in [0.25, 0.3) is 0 Å². The molecule has 0 radical (unpaired) electrons. The van der Waals surface area contributed by atoms with Gasteiger partial charge in [-0.25, -0.2) is 0 Å². The summed E-state index contributed by atoms with van der Waals surface area (Å²) in [6.07, 6.45) is 3.05. The van der Waals surface area contributed by atoms with Crippen LogP contribution in [-0.2, 0) is 14.3 Å². The number of ether oxygens (including phenoxy) is 1. The number of nitrogens with zero attached hydrogens (tertiary/aromatic N) is 1. The van der Waals surface area contributed by atoms with Gasteiger partial charge in [0.2, 0.25) is 5.91 Å². The molecule has 21 heavy (non-hydrogen) atoms. The molecule has 2 saturated heterocycles. The second-order valence-corrected chi connectivity index (χ2v) is 5.93. The van der Waals surface area contributed by atoms with E-state index in [2.05, 4.69) is 0 Å². The lowest BCUT2D eigenvalue weighted by Gasteiger charge is -2.24. The van der Waals surface area contributed by atoms with Crippen molar-refractivity contribution in [3.63, 3.8) is 0 Å². The average molecular weight is 284 g/mol. The quantitative estimate of drug-likeness (QED) is 0.719. The molecule has 5 nitrogen and oxygen atoms in total. The Bertz CT molecular complexity index is 683. The van der Waals surface area contributed by atoms with Gasteiger partial charge in [0.1, 0.15) is 5.60 Å². The van der Waals surface area contributed by atoms with E-state index in [-0.39, 0.29) is 5.91 Å². The summed E-state index contributed by atoms with van der Waals surface area (Å²) < 4.78 is 5.83. The molecule has 2 bridgehead atoms. The van der Waals surface area contributed by atoms with E-state index in [4.69, 9.17) is 4.74 Å². The lowest BCUT2D eigenvalue weighted by Crippen LogP contribution is -2.45. The lowest BCUT2D eigenvalue weighted by molar-refractivity contribution is -0.313. The summed E-state index contributed by atoms with van der Waals surface area (Å²) in [7, 11) is 0. The first-order valence-electron chi connectivity index (χ1n) is 6.98. The van der Waals surface area contributed by atoms with Crippen molar-refractivity contribution in [2.45, 2.75) is 18.6 Å². The van der Waals surface area contributed by atoms with Crippen LogP contribution in [0.5, 0.6) is 0 Å². The number of carbonyl (C=O) groups excluding carboxylic acids is 2. The normalized spacial score (nSPS) is 36.3. The minimum atomic E-state index is -1.21. The monoisotopic (exact) mass is 284 g/mol. The van der Waals surface area contributed by atoms with E-state index in [1.807, 2.05) is 37.3 Å². The molecular weight excluding hydrogens is 270 g/mol. The Morgan fingerprint density at radius 3 is 2.90 bits per heavy atom. The van der Waals surface area contributed by atoms with E-state index in [1.54, 1.807) is 11.0 Å². The largest absolute Gasteiger partial charge is 0.550 e. The highest BCUT2D eigenvalue weighted by Crippen LogP contribution is 2.52. The van der Waals surface area contributed by atoms with Gasteiger partial charge in [-0.2, -0.15) is 0 Å². The number of carboxylic acid groups (broad SMARTS) is 1. The van der Waals surface area contributed by atoms with E-state index in [0.29, 0.717) is 6.54 Å². The van der Waals surface area contributed by atoms with Crippen LogP contribution in [0.4, 0.5) is 5.69 Å². The first-order chi connectivity index (χ1) is 10.0. The molecule has 5 heteroatoms. The lowest BCUT2D eigenvalue weighted by atomic mass is 9.77. The number of anilines is 1. The SMILES string of the molecule is Cc1ccccc1N1C[C@@]23C=C[C@H](O2)[C@@H](C(=O)[O-])[C@H]3C1=O. The highest BCUT2D eigenvalue weighted by atomic mass is 16.5. The highest BCUT2D eigenvalue weighted by Gasteiger charge is 2.65. The van der Waals surface area contributed by atoms with Gasteiger partial charge < -0.3 is 19.5 Å². The maximum Gasteiger partial charge on any atom is 0.234 e. The summed E-state index contributed by atoms with van der Waals surface area (Å²) in [5, 5.41) is 11.4. The predicted molar refractivity (Wildman–Crippen MR) is 72.3 cm³/mol. The fraction of sp³-hybridized carbons (Fsp3) is 0.375. The van der Waals surface area contributed by atoms with Crippen molar-refractivity contribution in [1.29, 1.82) is 0 Å². The number of hydrogen-bond acceptors (Lipinski definition) is 4. The Hall–Kier alpha value is -2.14. The van der Waals surface area contributed by atoms with Crippen LogP contribution in [0.15, 0.2) is 36.4 Å². The Labute approximate surface area is 121 Å². The molecule has 3 heterocycles. The number of fused-ring (bicyclic) bond motifs is 1. The van der Waals surface area contributed by atoms with Crippen LogP contribution in [0, 0.1) is 18.8 Å². The third-order valence-corrected chi connectivity index (χ3v) is 4.78. The molecule has 4 rings (SSSR count). The van der Waals surface area contributed by atoms with Gasteiger partial charge in [-0.1, -0.05) is 30.4 Å². The molecule has 3 aliphatic heterocycles. The number of aliphatic carboxylic acids is 1. The highest BCUT2D eigenvalue weighted by molar-refractivity contribution is 6.02. The summed E-state index contributed by atoms with van der Waals surface area (Å²) in [6.45, 7) is 2.29. The van der Waals surface area contributed by atoms with Crippen LogP contribution >= 0.6 is 0 Å². The maximum atomic E-state index is 12.8. The second-order valence-electron chi connectivity index (χ2n) is 5.93. The minimum absolute atomic E-state index is 0.189. The summed E-state index contributed by atoms with van der Waals surface area (Å²) >= 11 is 0. The second kappa shape index (κ2) is 3.95. The van der Waals surface area contributed by atoms with Gasteiger partial charge >= 0.3 is 0 Å². The predicted octanol–water partition coefficient (Wildman–Crippen LogP) is 0.0313. The van der Waals surface area contributed by atoms with Gasteiger partial charge in [-0.05, 0) is 18.6 Å². The van der Waals surface area contributed by atoms with Gasteiger partial charge in [0.15, 0.2) is 0 Å². The first kappa shape index (κ1) is 12.6. The molecule has 0 aliphatic carbocycles. The van der Waals surface area contributed by atoms with Crippen LogP contribution in [0.2, 0.25) is 0 Å². The molecule has 1 aromatic carbocycles. The number of carboxylic acids is 1. The number of hydrogen-bond donors (Lipinski definition) is 0. The van der Waals surface area contributed by atoms with E-state index in [1.165, 1.54) is 0 Å². The molecule has 3 aliphatic rings. The zero-order valence-corrected chi connectivity index (χ0v) is 11.5. The van der Waals surface area contributed by atoms with Crippen LogP contribution in [0.25, 0.3) is 0 Å². The molecule has 0 unspecified atom stereocenters. The molecule has 4 atom stereocenters. The van der Waals surface area contributed by atoms with E-state index in [0.717, 1.165) is 11.3 Å². The number of carbonyl (C=O) groups is 2. The maximum absolute atomic E-state index is 12.8. The van der Waals surface area contributed by atoms with Gasteiger partial charge in [-0.3, -0.25) is 4.79 Å². The van der Waals surface area contributed by atoms with Gasteiger partial charge in [0, 0.05) is 17.6 Å². The third-order valence-electron chi connectivity index (χ3n) is 4.78. The number of amides is 1. The van der Waals surface area contributed by atoms with Crippen LogP contribution in [0.1, 0.15) is 5.56 Å². The molecular formula is C16H14NO4-. The van der Waals surface area contributed by atoms with E-state index in [9.17, 15) is 14.7 Å². The standard InChI is InChI=1S/C16H15NO4/c1-9-4-2-3-5-10(9)17-8-16-7-6-11(21-16)12(15(19)20)13(16)14(17)18/h2-7,11-13H,8H2,1H3,(H,19,20)/p-1/t11-,12+,13-,16+/m0/s1. The smallest absolute Gasteiger partial charge is 0.234 e. The van der Waals surface area contributed by atoms with Gasteiger partial charge in [0.05, 0.1) is 18.6 Å². The Morgan fingerprint density at radius 2 is 2.19 bits per heavy atom. The van der Waals surface area contributed by atoms with Crippen LogP contribution in [0.3, 0.4) is 0 Å². The summed E-state index contributed by atoms with van der Waals surface area (Å²) in [5.74, 6) is -2.98. The number of benzene rings is 1. The van der Waals surface area contributed by atoms with Crippen molar-refractivity contribution in [2.75, 3.05) is 11.4 Å². The van der Waals surface area contributed by atoms with Crippen molar-refractivity contribution >= 4 is 17.6 Å². The van der Waals surface area contributed by atoms with Crippen molar-refractivity contribution in [1.82, 2.24) is 0 Å². The molecule has 2 fully saturated rings. The average Bonchev–Trinajstić information content (AvgIpc) is 3.08. The van der Waals surface area contributed by atoms with Crippen molar-refractivity contribution in [2.24, 2.45) is 11.8 Å². The van der Waals surface area contributed by atoms with E-state index < -0.39 is 29.5 Å².